The molecule has 1 aromatic carbocycles. The highest BCUT2D eigenvalue weighted by atomic mass is 32.2. The van der Waals surface area contributed by atoms with Crippen LogP contribution in [0, 0.1) is 5.92 Å². The van der Waals surface area contributed by atoms with E-state index in [1.54, 1.807) is 12.1 Å². The number of benzene rings is 1. The van der Waals surface area contributed by atoms with Gasteiger partial charge in [-0.15, -0.1) is 0 Å². The predicted octanol–water partition coefficient (Wildman–Crippen LogP) is 2.65. The quantitative estimate of drug-likeness (QED) is 0.776. The largest absolute Gasteiger partial charge is 0.310 e. The summed E-state index contributed by atoms with van der Waals surface area (Å²) in [5.41, 5.74) is 1.10. The average Bonchev–Trinajstić information content (AvgIpc) is 3.14. The van der Waals surface area contributed by atoms with Gasteiger partial charge in [0, 0.05) is 18.6 Å². The van der Waals surface area contributed by atoms with Crippen LogP contribution in [0.15, 0.2) is 29.2 Å². The van der Waals surface area contributed by atoms with E-state index in [0.29, 0.717) is 16.9 Å². The molecule has 21 heavy (non-hydrogen) atoms. The fourth-order valence-corrected chi connectivity index (χ4v) is 3.78. The molecule has 2 rings (SSSR count). The Balaban J connectivity index is 1.94. The lowest BCUT2D eigenvalue weighted by Crippen LogP contribution is -2.27. The molecule has 0 saturated heterocycles. The molecule has 118 valence electrons. The van der Waals surface area contributed by atoms with Gasteiger partial charge in [0.15, 0.2) is 0 Å². The molecule has 1 aliphatic rings. The van der Waals surface area contributed by atoms with Crippen molar-refractivity contribution in [1.29, 1.82) is 0 Å². The fraction of sp³-hybridized carbons (Fsp3) is 0.625. The van der Waals surface area contributed by atoms with Crippen LogP contribution < -0.4 is 10.0 Å². The molecule has 2 N–H and O–H groups in total. The summed E-state index contributed by atoms with van der Waals surface area (Å²) in [4.78, 5) is 0.359. The van der Waals surface area contributed by atoms with E-state index in [1.165, 1.54) is 0 Å². The average molecular weight is 310 g/mol. The number of sulfonamides is 1. The molecule has 0 amide bonds. The van der Waals surface area contributed by atoms with Crippen LogP contribution in [0.4, 0.5) is 0 Å². The van der Waals surface area contributed by atoms with Crippen LogP contribution in [0.2, 0.25) is 0 Å². The molecule has 0 radical (unpaired) electrons. The summed E-state index contributed by atoms with van der Waals surface area (Å²) in [5.74, 6) is 0.527. The van der Waals surface area contributed by atoms with Gasteiger partial charge < -0.3 is 5.32 Å². The summed E-state index contributed by atoms with van der Waals surface area (Å²) in [5, 5.41) is 3.32. The summed E-state index contributed by atoms with van der Waals surface area (Å²) in [6.07, 6.45) is 3.19. The van der Waals surface area contributed by atoms with E-state index in [4.69, 9.17) is 0 Å². The van der Waals surface area contributed by atoms with Crippen molar-refractivity contribution in [2.75, 3.05) is 0 Å². The van der Waals surface area contributed by atoms with Crippen molar-refractivity contribution in [3.05, 3.63) is 29.8 Å². The smallest absolute Gasteiger partial charge is 0.240 e. The number of hydrogen-bond acceptors (Lipinski definition) is 3. The maximum Gasteiger partial charge on any atom is 0.240 e. The van der Waals surface area contributed by atoms with E-state index >= 15 is 0 Å². The topological polar surface area (TPSA) is 58.2 Å². The summed E-state index contributed by atoms with van der Waals surface area (Å²) >= 11 is 0. The van der Waals surface area contributed by atoms with Crippen molar-refractivity contribution in [3.8, 4) is 0 Å². The van der Waals surface area contributed by atoms with Crippen molar-refractivity contribution in [1.82, 2.24) is 10.0 Å². The highest BCUT2D eigenvalue weighted by molar-refractivity contribution is 7.89. The zero-order chi connectivity index (χ0) is 15.5. The Morgan fingerprint density at radius 3 is 2.48 bits per heavy atom. The zero-order valence-electron chi connectivity index (χ0n) is 13.1. The van der Waals surface area contributed by atoms with Crippen LogP contribution in [-0.2, 0) is 16.6 Å². The molecule has 0 aliphatic heterocycles. The highest BCUT2D eigenvalue weighted by Crippen LogP contribution is 2.35. The van der Waals surface area contributed by atoms with E-state index in [2.05, 4.69) is 30.8 Å². The van der Waals surface area contributed by atoms with Gasteiger partial charge in [-0.25, -0.2) is 13.1 Å². The maximum absolute atomic E-state index is 12.3. The monoisotopic (exact) mass is 310 g/mol. The van der Waals surface area contributed by atoms with Gasteiger partial charge in [0.05, 0.1) is 4.90 Å². The van der Waals surface area contributed by atoms with Crippen LogP contribution in [0.1, 0.15) is 45.6 Å². The van der Waals surface area contributed by atoms with Gasteiger partial charge >= 0.3 is 0 Å². The zero-order valence-corrected chi connectivity index (χ0v) is 13.9. The van der Waals surface area contributed by atoms with Crippen LogP contribution in [0.25, 0.3) is 0 Å². The molecule has 0 aromatic heterocycles. The molecule has 1 saturated carbocycles. The van der Waals surface area contributed by atoms with Crippen molar-refractivity contribution >= 4 is 10.0 Å². The predicted molar refractivity (Wildman–Crippen MR) is 85.5 cm³/mol. The summed E-state index contributed by atoms with van der Waals surface area (Å²) in [6.45, 7) is 7.07. The molecule has 1 aromatic rings. The second-order valence-electron chi connectivity index (χ2n) is 6.19. The van der Waals surface area contributed by atoms with Gasteiger partial charge in [0.2, 0.25) is 10.0 Å². The molecule has 2 unspecified atom stereocenters. The number of nitrogens with one attached hydrogen (secondary N) is 2. The van der Waals surface area contributed by atoms with E-state index in [-0.39, 0.29) is 6.04 Å². The second kappa shape index (κ2) is 6.90. The van der Waals surface area contributed by atoms with Crippen LogP contribution in [-0.4, -0.2) is 20.5 Å². The Morgan fingerprint density at radius 1 is 1.24 bits per heavy atom. The summed E-state index contributed by atoms with van der Waals surface area (Å²) < 4.78 is 27.4. The fourth-order valence-electron chi connectivity index (χ4n) is 2.46. The van der Waals surface area contributed by atoms with Crippen LogP contribution in [0.5, 0.6) is 0 Å². The van der Waals surface area contributed by atoms with E-state index in [9.17, 15) is 8.42 Å². The van der Waals surface area contributed by atoms with Crippen LogP contribution >= 0.6 is 0 Å². The van der Waals surface area contributed by atoms with Crippen LogP contribution in [0.3, 0.4) is 0 Å². The lowest BCUT2D eigenvalue weighted by atomic mass is 10.2. The van der Waals surface area contributed by atoms with Crippen molar-refractivity contribution in [2.45, 2.75) is 63.6 Å². The summed E-state index contributed by atoms with van der Waals surface area (Å²) in [7, 11) is -3.37. The summed E-state index contributed by atoms with van der Waals surface area (Å²) in [6, 6.07) is 7.69. The van der Waals surface area contributed by atoms with Crippen molar-refractivity contribution in [3.63, 3.8) is 0 Å². The van der Waals surface area contributed by atoms with Gasteiger partial charge in [-0.05, 0) is 36.5 Å². The Morgan fingerprint density at radius 2 is 1.90 bits per heavy atom. The minimum absolute atomic E-state index is 0.136. The molecule has 1 fully saturated rings. The first-order valence-corrected chi connectivity index (χ1v) is 9.25. The molecule has 4 nitrogen and oxygen atoms in total. The molecule has 5 heteroatoms. The van der Waals surface area contributed by atoms with E-state index in [1.807, 2.05) is 12.1 Å². The minimum atomic E-state index is -3.37. The third kappa shape index (κ3) is 4.80. The molecular formula is C16H26N2O2S. The maximum atomic E-state index is 12.3. The Bertz CT molecular complexity index is 552. The normalized spacial score (nSPS) is 21.7. The van der Waals surface area contributed by atoms with Gasteiger partial charge in [-0.1, -0.05) is 39.3 Å². The lowest BCUT2D eigenvalue weighted by molar-refractivity contribution is 0.572. The SMILES string of the molecule is CCCC1CC1NS(=O)(=O)c1ccc(CNC(C)C)cc1. The highest BCUT2D eigenvalue weighted by Gasteiger charge is 2.39. The van der Waals surface area contributed by atoms with E-state index in [0.717, 1.165) is 31.4 Å². The Hall–Kier alpha value is -0.910. The Kier molecular flexibility index (Phi) is 5.41. The molecule has 0 heterocycles. The van der Waals surface area contributed by atoms with Gasteiger partial charge in [0.25, 0.3) is 0 Å². The second-order valence-corrected chi connectivity index (χ2v) is 7.91. The van der Waals surface area contributed by atoms with Gasteiger partial charge in [-0.3, -0.25) is 0 Å². The first-order chi connectivity index (χ1) is 9.92. The standard InChI is InChI=1S/C16H26N2O2S/c1-4-5-14-10-16(14)18-21(19,20)15-8-6-13(7-9-15)11-17-12(2)3/h6-9,12,14,16-18H,4-5,10-11H2,1-3H3. The van der Waals surface area contributed by atoms with Crippen molar-refractivity contribution < 1.29 is 8.42 Å². The Labute approximate surface area is 128 Å². The molecule has 0 bridgehead atoms. The van der Waals surface area contributed by atoms with Gasteiger partial charge in [0.1, 0.15) is 0 Å². The number of rotatable bonds is 8. The van der Waals surface area contributed by atoms with Crippen molar-refractivity contribution in [2.24, 2.45) is 5.92 Å². The third-order valence-electron chi connectivity index (χ3n) is 3.84. The minimum Gasteiger partial charge on any atom is -0.310 e. The first-order valence-electron chi connectivity index (χ1n) is 7.77. The molecule has 1 aliphatic carbocycles. The lowest BCUT2D eigenvalue weighted by Gasteiger charge is -2.10. The molecule has 0 spiro atoms. The van der Waals surface area contributed by atoms with E-state index < -0.39 is 10.0 Å². The first kappa shape index (κ1) is 16.5. The number of hydrogen-bond donors (Lipinski definition) is 2. The third-order valence-corrected chi connectivity index (χ3v) is 5.34. The molecular weight excluding hydrogens is 284 g/mol. The van der Waals surface area contributed by atoms with Gasteiger partial charge in [-0.2, -0.15) is 0 Å². The molecule has 2 atom stereocenters.